The highest BCUT2D eigenvalue weighted by Crippen LogP contribution is 2.14. The molecule has 0 aromatic heterocycles. The van der Waals surface area contributed by atoms with Crippen LogP contribution in [-0.2, 0) is 4.74 Å². The smallest absolute Gasteiger partial charge is 0.0759 e. The van der Waals surface area contributed by atoms with Gasteiger partial charge in [-0.1, -0.05) is 42.5 Å². The summed E-state index contributed by atoms with van der Waals surface area (Å²) in [6.07, 6.45) is 7.01. The summed E-state index contributed by atoms with van der Waals surface area (Å²) in [5.74, 6) is 0. The molecule has 0 bridgehead atoms. The lowest BCUT2D eigenvalue weighted by atomic mass is 10.1. The van der Waals surface area contributed by atoms with Gasteiger partial charge >= 0.3 is 0 Å². The van der Waals surface area contributed by atoms with E-state index in [1.165, 1.54) is 18.4 Å². The Balaban J connectivity index is 1.97. The van der Waals surface area contributed by atoms with E-state index in [1.807, 2.05) is 6.07 Å². The molecule has 0 spiro atoms. The molecular weight excluding hydrogens is 160 g/mol. The number of benzene rings is 1. The number of hydrogen-bond acceptors (Lipinski definition) is 1. The molecule has 2 rings (SSSR count). The Morgan fingerprint density at radius 1 is 1.23 bits per heavy atom. The molecule has 1 aromatic carbocycles. The molecular formula is C12H14O. The number of hydrogen-bond donors (Lipinski definition) is 0. The molecule has 0 N–H and O–H groups in total. The molecule has 1 fully saturated rings. The Bertz CT molecular complexity index is 270. The van der Waals surface area contributed by atoms with Crippen molar-refractivity contribution in [2.75, 3.05) is 6.61 Å². The van der Waals surface area contributed by atoms with E-state index in [4.69, 9.17) is 4.74 Å². The highest BCUT2D eigenvalue weighted by atomic mass is 16.5. The van der Waals surface area contributed by atoms with Crippen LogP contribution in [0, 0.1) is 0 Å². The lowest BCUT2D eigenvalue weighted by molar-refractivity contribution is 0.146. The fourth-order valence-corrected chi connectivity index (χ4v) is 1.54. The van der Waals surface area contributed by atoms with Crippen molar-refractivity contribution < 1.29 is 4.74 Å². The van der Waals surface area contributed by atoms with Gasteiger partial charge in [0.25, 0.3) is 0 Å². The molecule has 0 saturated carbocycles. The first-order valence-electron chi connectivity index (χ1n) is 4.80. The van der Waals surface area contributed by atoms with Crippen LogP contribution in [0.5, 0.6) is 0 Å². The lowest BCUT2D eigenvalue weighted by Gasteiger charge is -2.00. The van der Waals surface area contributed by atoms with Crippen molar-refractivity contribution >= 4 is 6.08 Å². The van der Waals surface area contributed by atoms with Crippen LogP contribution in [-0.4, -0.2) is 12.7 Å². The summed E-state index contributed by atoms with van der Waals surface area (Å²) in [5, 5.41) is 0. The van der Waals surface area contributed by atoms with Crippen LogP contribution in [0.25, 0.3) is 6.08 Å². The van der Waals surface area contributed by atoms with Crippen LogP contribution in [0.15, 0.2) is 36.4 Å². The van der Waals surface area contributed by atoms with E-state index >= 15 is 0 Å². The molecule has 0 amide bonds. The van der Waals surface area contributed by atoms with E-state index in [-0.39, 0.29) is 0 Å². The predicted molar refractivity (Wildman–Crippen MR) is 54.5 cm³/mol. The minimum atomic E-state index is 0.347. The Morgan fingerprint density at radius 2 is 2.08 bits per heavy atom. The Labute approximate surface area is 79.0 Å². The standard InChI is InChI=1S/C12H14O/c1-2-5-11(6-3-1)8-9-12-7-4-10-13-12/h1-3,5-6,8-9,12H,4,7,10H2/b9-8-. The SMILES string of the molecule is C(=C/C1CCCO1)/c1ccccc1. The van der Waals surface area contributed by atoms with Gasteiger partial charge in [-0.15, -0.1) is 0 Å². The van der Waals surface area contributed by atoms with Gasteiger partial charge in [0.1, 0.15) is 0 Å². The summed E-state index contributed by atoms with van der Waals surface area (Å²) in [7, 11) is 0. The molecule has 1 heteroatoms. The highest BCUT2D eigenvalue weighted by Gasteiger charge is 2.10. The van der Waals surface area contributed by atoms with Gasteiger partial charge in [-0.25, -0.2) is 0 Å². The summed E-state index contributed by atoms with van der Waals surface area (Å²) in [6.45, 7) is 0.920. The normalized spacial score (nSPS) is 22.6. The summed E-state index contributed by atoms with van der Waals surface area (Å²) in [6, 6.07) is 10.3. The maximum Gasteiger partial charge on any atom is 0.0759 e. The van der Waals surface area contributed by atoms with Gasteiger partial charge in [-0.2, -0.15) is 0 Å². The van der Waals surface area contributed by atoms with E-state index in [1.54, 1.807) is 0 Å². The van der Waals surface area contributed by atoms with Crippen LogP contribution in [0.2, 0.25) is 0 Å². The molecule has 1 aliphatic heterocycles. The zero-order valence-corrected chi connectivity index (χ0v) is 7.65. The van der Waals surface area contributed by atoms with Crippen LogP contribution >= 0.6 is 0 Å². The van der Waals surface area contributed by atoms with Gasteiger partial charge in [0.05, 0.1) is 6.10 Å². The molecule has 1 atom stereocenters. The first-order valence-corrected chi connectivity index (χ1v) is 4.80. The first kappa shape index (κ1) is 8.52. The molecule has 1 aromatic rings. The largest absolute Gasteiger partial charge is 0.374 e. The maximum atomic E-state index is 5.49. The third kappa shape index (κ3) is 2.43. The number of rotatable bonds is 2. The zero-order valence-electron chi connectivity index (χ0n) is 7.65. The second-order valence-corrected chi connectivity index (χ2v) is 3.32. The summed E-state index contributed by atoms with van der Waals surface area (Å²) in [4.78, 5) is 0. The van der Waals surface area contributed by atoms with Crippen molar-refractivity contribution in [2.45, 2.75) is 18.9 Å². The van der Waals surface area contributed by atoms with Crippen LogP contribution in [0.1, 0.15) is 18.4 Å². The third-order valence-electron chi connectivity index (χ3n) is 2.27. The summed E-state index contributed by atoms with van der Waals surface area (Å²) in [5.41, 5.74) is 1.25. The van der Waals surface area contributed by atoms with Gasteiger partial charge in [-0.05, 0) is 18.4 Å². The van der Waals surface area contributed by atoms with Gasteiger partial charge in [-0.3, -0.25) is 0 Å². The summed E-state index contributed by atoms with van der Waals surface area (Å²) >= 11 is 0. The fraction of sp³-hybridized carbons (Fsp3) is 0.333. The van der Waals surface area contributed by atoms with Crippen molar-refractivity contribution in [2.24, 2.45) is 0 Å². The Morgan fingerprint density at radius 3 is 2.77 bits per heavy atom. The Kier molecular flexibility index (Phi) is 2.78. The zero-order chi connectivity index (χ0) is 8.93. The van der Waals surface area contributed by atoms with Crippen molar-refractivity contribution in [1.82, 2.24) is 0 Å². The molecule has 13 heavy (non-hydrogen) atoms. The molecule has 68 valence electrons. The van der Waals surface area contributed by atoms with Crippen molar-refractivity contribution in [3.8, 4) is 0 Å². The van der Waals surface area contributed by atoms with E-state index in [0.717, 1.165) is 6.61 Å². The number of ether oxygens (including phenoxy) is 1. The average molecular weight is 174 g/mol. The predicted octanol–water partition coefficient (Wildman–Crippen LogP) is 2.88. The van der Waals surface area contributed by atoms with Gasteiger partial charge in [0.2, 0.25) is 0 Å². The molecule has 0 aliphatic carbocycles. The van der Waals surface area contributed by atoms with E-state index in [0.29, 0.717) is 6.10 Å². The monoisotopic (exact) mass is 174 g/mol. The fourth-order valence-electron chi connectivity index (χ4n) is 1.54. The minimum Gasteiger partial charge on any atom is -0.374 e. The Hall–Kier alpha value is -1.08. The van der Waals surface area contributed by atoms with Gasteiger partial charge < -0.3 is 4.74 Å². The molecule has 1 heterocycles. The second-order valence-electron chi connectivity index (χ2n) is 3.32. The average Bonchev–Trinajstić information content (AvgIpc) is 2.69. The van der Waals surface area contributed by atoms with Gasteiger partial charge in [0, 0.05) is 6.61 Å². The topological polar surface area (TPSA) is 9.23 Å². The van der Waals surface area contributed by atoms with Crippen LogP contribution < -0.4 is 0 Å². The first-order chi connectivity index (χ1) is 6.45. The molecule has 0 radical (unpaired) electrons. The minimum absolute atomic E-state index is 0.347. The quantitative estimate of drug-likeness (QED) is 0.670. The second kappa shape index (κ2) is 4.24. The van der Waals surface area contributed by atoms with Crippen LogP contribution in [0.4, 0.5) is 0 Å². The van der Waals surface area contributed by atoms with Crippen molar-refractivity contribution in [3.63, 3.8) is 0 Å². The van der Waals surface area contributed by atoms with Gasteiger partial charge in [0.15, 0.2) is 0 Å². The van der Waals surface area contributed by atoms with E-state index in [9.17, 15) is 0 Å². The molecule has 1 saturated heterocycles. The van der Waals surface area contributed by atoms with Crippen molar-refractivity contribution in [3.05, 3.63) is 42.0 Å². The van der Waals surface area contributed by atoms with E-state index < -0.39 is 0 Å². The van der Waals surface area contributed by atoms with Crippen molar-refractivity contribution in [1.29, 1.82) is 0 Å². The van der Waals surface area contributed by atoms with E-state index in [2.05, 4.69) is 36.4 Å². The molecule has 1 unspecified atom stereocenters. The maximum absolute atomic E-state index is 5.49. The third-order valence-corrected chi connectivity index (χ3v) is 2.27. The molecule has 1 aliphatic rings. The highest BCUT2D eigenvalue weighted by molar-refractivity contribution is 5.49. The summed E-state index contributed by atoms with van der Waals surface area (Å²) < 4.78 is 5.49. The molecule has 1 nitrogen and oxygen atoms in total. The van der Waals surface area contributed by atoms with Crippen LogP contribution in [0.3, 0.4) is 0 Å². The lowest BCUT2D eigenvalue weighted by Crippen LogP contribution is -1.98.